The van der Waals surface area contributed by atoms with Gasteiger partial charge in [-0.2, -0.15) is 5.10 Å². The number of nitrogens with zero attached hydrogens (tertiary/aromatic N) is 3. The Hall–Kier alpha value is -3.67. The van der Waals surface area contributed by atoms with Gasteiger partial charge in [0.2, 0.25) is 5.91 Å². The van der Waals surface area contributed by atoms with Gasteiger partial charge in [0.1, 0.15) is 5.65 Å². The first-order chi connectivity index (χ1) is 12.7. The number of pyridine rings is 1. The maximum Gasteiger partial charge on any atom is 0.241 e. The predicted octanol–water partition coefficient (Wildman–Crippen LogP) is 2.97. The number of nitrogens with one attached hydrogen (secondary N) is 1. The molecule has 0 bridgehead atoms. The number of amides is 1. The fourth-order valence-electron chi connectivity index (χ4n) is 2.86. The van der Waals surface area contributed by atoms with E-state index in [4.69, 9.17) is 5.73 Å². The topological polar surface area (TPSA) is 89.6 Å². The minimum Gasteiger partial charge on any atom is -0.366 e. The Bertz CT molecular complexity index is 1090. The van der Waals surface area contributed by atoms with Crippen LogP contribution >= 0.6 is 0 Å². The number of aromatic nitrogens is 4. The number of aromatic amines is 1. The van der Waals surface area contributed by atoms with Gasteiger partial charge in [-0.1, -0.05) is 30.3 Å². The molecule has 3 heterocycles. The summed E-state index contributed by atoms with van der Waals surface area (Å²) in [6, 6.07) is 12.2. The van der Waals surface area contributed by atoms with Gasteiger partial charge in [-0.25, -0.2) is 4.98 Å². The van der Waals surface area contributed by atoms with Crippen molar-refractivity contribution in [1.82, 2.24) is 19.7 Å². The molecule has 0 radical (unpaired) electrons. The lowest BCUT2D eigenvalue weighted by molar-refractivity contribution is -0.113. The number of H-pyrrole nitrogens is 1. The fraction of sp³-hybridized carbons (Fsp3) is 0.0500. The van der Waals surface area contributed by atoms with Gasteiger partial charge in [0.15, 0.2) is 0 Å². The first-order valence-electron chi connectivity index (χ1n) is 8.20. The van der Waals surface area contributed by atoms with E-state index in [1.54, 1.807) is 12.3 Å². The van der Waals surface area contributed by atoms with E-state index < -0.39 is 5.91 Å². The molecule has 0 atom stereocenters. The maximum absolute atomic E-state index is 11.0. The lowest BCUT2D eigenvalue weighted by Gasteiger charge is -2.01. The number of fused-ring (bicyclic) bond motifs is 1. The molecule has 0 fully saturated rings. The average Bonchev–Trinajstić information content (AvgIpc) is 3.27. The fourth-order valence-corrected chi connectivity index (χ4v) is 2.86. The molecule has 4 rings (SSSR count). The summed E-state index contributed by atoms with van der Waals surface area (Å²) in [5.74, 6) is -0.481. The highest BCUT2D eigenvalue weighted by atomic mass is 16.1. The van der Waals surface area contributed by atoms with Crippen LogP contribution < -0.4 is 5.73 Å². The smallest absolute Gasteiger partial charge is 0.241 e. The average molecular weight is 343 g/mol. The quantitative estimate of drug-likeness (QED) is 0.546. The Labute approximate surface area is 150 Å². The molecule has 3 N–H and O–H groups in total. The van der Waals surface area contributed by atoms with Crippen LogP contribution in [0.3, 0.4) is 0 Å². The molecule has 6 nitrogen and oxygen atoms in total. The van der Waals surface area contributed by atoms with Crippen LogP contribution in [0.1, 0.15) is 11.1 Å². The first-order valence-corrected chi connectivity index (χ1v) is 8.20. The van der Waals surface area contributed by atoms with Gasteiger partial charge in [0.05, 0.1) is 12.7 Å². The zero-order chi connectivity index (χ0) is 17.9. The van der Waals surface area contributed by atoms with Crippen molar-refractivity contribution in [2.45, 2.75) is 6.54 Å². The normalized spacial score (nSPS) is 11.4. The molecule has 128 valence electrons. The van der Waals surface area contributed by atoms with Crippen LogP contribution in [0.25, 0.3) is 28.2 Å². The van der Waals surface area contributed by atoms with E-state index in [2.05, 4.69) is 27.2 Å². The van der Waals surface area contributed by atoms with Crippen LogP contribution in [0.4, 0.5) is 0 Å². The highest BCUT2D eigenvalue weighted by Gasteiger charge is 2.08. The third kappa shape index (κ3) is 3.25. The van der Waals surface area contributed by atoms with Gasteiger partial charge in [-0.05, 0) is 17.7 Å². The van der Waals surface area contributed by atoms with Crippen LogP contribution in [-0.2, 0) is 11.3 Å². The number of nitrogens with two attached hydrogens (primary N) is 1. The van der Waals surface area contributed by atoms with Crippen molar-refractivity contribution in [1.29, 1.82) is 0 Å². The van der Waals surface area contributed by atoms with Crippen molar-refractivity contribution < 1.29 is 4.79 Å². The molecule has 0 aliphatic heterocycles. The standard InChI is InChI=1S/C20H17N5O/c21-19(26)7-6-15-9-22-20-18(15)8-16(10-23-20)17-11-24-25(13-17)12-14-4-2-1-3-5-14/h1-11,13H,12H2,(H2,21,26)(H,22,23)/b7-6+. The molecule has 26 heavy (non-hydrogen) atoms. The van der Waals surface area contributed by atoms with Crippen LogP contribution in [-0.4, -0.2) is 25.7 Å². The summed E-state index contributed by atoms with van der Waals surface area (Å²) in [4.78, 5) is 18.5. The molecule has 0 spiro atoms. The summed E-state index contributed by atoms with van der Waals surface area (Å²) in [7, 11) is 0. The lowest BCUT2D eigenvalue weighted by atomic mass is 10.1. The van der Waals surface area contributed by atoms with E-state index in [0.717, 1.165) is 27.7 Å². The van der Waals surface area contributed by atoms with Crippen LogP contribution in [0.2, 0.25) is 0 Å². The van der Waals surface area contributed by atoms with Crippen molar-refractivity contribution >= 4 is 23.0 Å². The van der Waals surface area contributed by atoms with Crippen molar-refractivity contribution in [3.05, 3.63) is 78.4 Å². The SMILES string of the molecule is NC(=O)/C=C/c1c[nH]c2ncc(-c3cnn(Cc4ccccc4)c3)cc12. The summed E-state index contributed by atoms with van der Waals surface area (Å²) >= 11 is 0. The van der Waals surface area contributed by atoms with Gasteiger partial charge in [0.25, 0.3) is 0 Å². The van der Waals surface area contributed by atoms with E-state index in [1.165, 1.54) is 11.6 Å². The van der Waals surface area contributed by atoms with Gasteiger partial charge < -0.3 is 10.7 Å². The van der Waals surface area contributed by atoms with E-state index in [9.17, 15) is 4.79 Å². The van der Waals surface area contributed by atoms with Gasteiger partial charge >= 0.3 is 0 Å². The molecule has 0 saturated heterocycles. The highest BCUT2D eigenvalue weighted by molar-refractivity contribution is 5.95. The minimum atomic E-state index is -0.481. The molecule has 0 saturated carbocycles. The largest absolute Gasteiger partial charge is 0.366 e. The second-order valence-electron chi connectivity index (χ2n) is 6.01. The Kier molecular flexibility index (Phi) is 4.07. The summed E-state index contributed by atoms with van der Waals surface area (Å²) < 4.78 is 1.90. The van der Waals surface area contributed by atoms with E-state index >= 15 is 0 Å². The summed E-state index contributed by atoms with van der Waals surface area (Å²) in [5.41, 5.74) is 9.95. The van der Waals surface area contributed by atoms with Gasteiger partial charge in [-0.15, -0.1) is 0 Å². The first kappa shape index (κ1) is 15.8. The number of primary amides is 1. The van der Waals surface area contributed by atoms with E-state index in [0.29, 0.717) is 6.54 Å². The predicted molar refractivity (Wildman–Crippen MR) is 101 cm³/mol. The number of hydrogen-bond donors (Lipinski definition) is 2. The van der Waals surface area contributed by atoms with E-state index in [1.807, 2.05) is 47.5 Å². The molecule has 3 aromatic heterocycles. The molecule has 1 aromatic carbocycles. The highest BCUT2D eigenvalue weighted by Crippen LogP contribution is 2.25. The molecular weight excluding hydrogens is 326 g/mol. The number of hydrogen-bond acceptors (Lipinski definition) is 3. The number of rotatable bonds is 5. The summed E-state index contributed by atoms with van der Waals surface area (Å²) in [5, 5.41) is 5.37. The third-order valence-corrected chi connectivity index (χ3v) is 4.14. The minimum absolute atomic E-state index is 0.481. The van der Waals surface area contributed by atoms with Crippen LogP contribution in [0, 0.1) is 0 Å². The molecule has 4 aromatic rings. The number of carbonyl (C=O) groups excluding carboxylic acids is 1. The molecule has 1 amide bonds. The Balaban J connectivity index is 1.64. The summed E-state index contributed by atoms with van der Waals surface area (Å²) in [6.07, 6.45) is 10.5. The van der Waals surface area contributed by atoms with Crippen molar-refractivity contribution in [3.8, 4) is 11.1 Å². The Morgan fingerprint density at radius 1 is 1.19 bits per heavy atom. The molecule has 0 aliphatic rings. The van der Waals surface area contributed by atoms with Gasteiger partial charge in [0, 0.05) is 46.7 Å². The van der Waals surface area contributed by atoms with Gasteiger partial charge in [-0.3, -0.25) is 9.48 Å². The van der Waals surface area contributed by atoms with Crippen LogP contribution in [0.15, 0.2) is 67.3 Å². The van der Waals surface area contributed by atoms with Crippen molar-refractivity contribution in [3.63, 3.8) is 0 Å². The second-order valence-corrected chi connectivity index (χ2v) is 6.01. The molecule has 0 aliphatic carbocycles. The number of benzene rings is 1. The molecule has 0 unspecified atom stereocenters. The zero-order valence-electron chi connectivity index (χ0n) is 14.0. The van der Waals surface area contributed by atoms with Crippen molar-refractivity contribution in [2.75, 3.05) is 0 Å². The van der Waals surface area contributed by atoms with Crippen LogP contribution in [0.5, 0.6) is 0 Å². The maximum atomic E-state index is 11.0. The monoisotopic (exact) mass is 343 g/mol. The number of carbonyl (C=O) groups is 1. The lowest BCUT2D eigenvalue weighted by Crippen LogP contribution is -2.04. The zero-order valence-corrected chi connectivity index (χ0v) is 14.0. The Morgan fingerprint density at radius 3 is 2.85 bits per heavy atom. The summed E-state index contributed by atoms with van der Waals surface area (Å²) in [6.45, 7) is 0.716. The molecular formula is C20H17N5O. The van der Waals surface area contributed by atoms with E-state index in [-0.39, 0.29) is 0 Å². The third-order valence-electron chi connectivity index (χ3n) is 4.14. The Morgan fingerprint density at radius 2 is 2.04 bits per heavy atom. The second kappa shape index (κ2) is 6.68. The van der Waals surface area contributed by atoms with Crippen molar-refractivity contribution in [2.24, 2.45) is 5.73 Å². The molecule has 6 heteroatoms.